The molecular formula is C16H23N3O. The van der Waals surface area contributed by atoms with E-state index < -0.39 is 6.10 Å². The first-order chi connectivity index (χ1) is 9.61. The van der Waals surface area contributed by atoms with Gasteiger partial charge in [-0.15, -0.1) is 0 Å². The monoisotopic (exact) mass is 273 g/mol. The zero-order valence-corrected chi connectivity index (χ0v) is 12.5. The van der Waals surface area contributed by atoms with Gasteiger partial charge in [0, 0.05) is 45.1 Å². The molecule has 4 nitrogen and oxygen atoms in total. The van der Waals surface area contributed by atoms with E-state index in [1.54, 1.807) is 6.20 Å². The standard InChI is InChI=1S/C16H23N3O/c1-4-9-19-10-8-17-16(19)12-15(20)13-6-5-7-14(11-13)18(2)3/h5-8,10-11,15,20H,4,9,12H2,1-3H3. The molecule has 0 bridgehead atoms. The van der Waals surface area contributed by atoms with E-state index in [1.807, 2.05) is 49.5 Å². The molecule has 1 aromatic carbocycles. The van der Waals surface area contributed by atoms with Crippen molar-refractivity contribution in [2.45, 2.75) is 32.4 Å². The van der Waals surface area contributed by atoms with E-state index in [0.717, 1.165) is 30.0 Å². The number of imidazole rings is 1. The molecule has 1 unspecified atom stereocenters. The van der Waals surface area contributed by atoms with Crippen LogP contribution in [0.3, 0.4) is 0 Å². The average Bonchev–Trinajstić information content (AvgIpc) is 2.86. The van der Waals surface area contributed by atoms with Gasteiger partial charge in [0.1, 0.15) is 5.82 Å². The predicted octanol–water partition coefficient (Wildman–Crippen LogP) is 2.64. The summed E-state index contributed by atoms with van der Waals surface area (Å²) in [4.78, 5) is 6.39. The molecule has 1 heterocycles. The van der Waals surface area contributed by atoms with Gasteiger partial charge in [0.15, 0.2) is 0 Å². The minimum Gasteiger partial charge on any atom is -0.388 e. The van der Waals surface area contributed by atoms with E-state index >= 15 is 0 Å². The Bertz CT molecular complexity index is 548. The van der Waals surface area contributed by atoms with Crippen molar-refractivity contribution >= 4 is 5.69 Å². The lowest BCUT2D eigenvalue weighted by molar-refractivity contribution is 0.174. The number of nitrogens with zero attached hydrogens (tertiary/aromatic N) is 3. The number of rotatable bonds is 6. The number of aromatic nitrogens is 2. The third-order valence-electron chi connectivity index (χ3n) is 3.41. The molecule has 0 saturated carbocycles. The van der Waals surface area contributed by atoms with Gasteiger partial charge in [0.2, 0.25) is 0 Å². The summed E-state index contributed by atoms with van der Waals surface area (Å²) in [5, 5.41) is 10.4. The van der Waals surface area contributed by atoms with Crippen LogP contribution in [0.25, 0.3) is 0 Å². The molecule has 0 fully saturated rings. The summed E-state index contributed by atoms with van der Waals surface area (Å²) in [5.41, 5.74) is 2.03. The van der Waals surface area contributed by atoms with Crippen LogP contribution >= 0.6 is 0 Å². The fourth-order valence-corrected chi connectivity index (χ4v) is 2.28. The van der Waals surface area contributed by atoms with E-state index in [9.17, 15) is 5.11 Å². The van der Waals surface area contributed by atoms with Gasteiger partial charge in [-0.1, -0.05) is 19.1 Å². The number of benzene rings is 1. The third kappa shape index (κ3) is 3.39. The molecule has 20 heavy (non-hydrogen) atoms. The first-order valence-corrected chi connectivity index (χ1v) is 7.07. The van der Waals surface area contributed by atoms with Crippen LogP contribution in [0.4, 0.5) is 5.69 Å². The van der Waals surface area contributed by atoms with Gasteiger partial charge < -0.3 is 14.6 Å². The first-order valence-electron chi connectivity index (χ1n) is 7.07. The fraction of sp³-hybridized carbons (Fsp3) is 0.438. The van der Waals surface area contributed by atoms with E-state index in [2.05, 4.69) is 16.5 Å². The molecule has 0 radical (unpaired) electrons. The van der Waals surface area contributed by atoms with Gasteiger partial charge in [-0.3, -0.25) is 0 Å². The zero-order valence-electron chi connectivity index (χ0n) is 12.5. The molecule has 1 atom stereocenters. The van der Waals surface area contributed by atoms with Gasteiger partial charge in [-0.05, 0) is 24.1 Å². The highest BCUT2D eigenvalue weighted by Crippen LogP contribution is 2.22. The normalized spacial score (nSPS) is 12.4. The third-order valence-corrected chi connectivity index (χ3v) is 3.41. The van der Waals surface area contributed by atoms with Crippen LogP contribution in [0.2, 0.25) is 0 Å². The van der Waals surface area contributed by atoms with Crippen LogP contribution in [0.5, 0.6) is 0 Å². The summed E-state index contributed by atoms with van der Waals surface area (Å²) in [7, 11) is 4.00. The van der Waals surface area contributed by atoms with Crippen LogP contribution < -0.4 is 4.90 Å². The number of hydrogen-bond donors (Lipinski definition) is 1. The maximum atomic E-state index is 10.4. The Morgan fingerprint density at radius 3 is 2.85 bits per heavy atom. The van der Waals surface area contributed by atoms with Crippen molar-refractivity contribution in [3.05, 3.63) is 48.0 Å². The lowest BCUT2D eigenvalue weighted by atomic mass is 10.1. The number of aliphatic hydroxyl groups excluding tert-OH is 1. The molecular weight excluding hydrogens is 250 g/mol. The maximum Gasteiger partial charge on any atom is 0.111 e. The summed E-state index contributed by atoms with van der Waals surface area (Å²) in [5.74, 6) is 0.939. The molecule has 0 aliphatic rings. The maximum absolute atomic E-state index is 10.4. The first kappa shape index (κ1) is 14.6. The van der Waals surface area contributed by atoms with E-state index in [-0.39, 0.29) is 0 Å². The Kier molecular flexibility index (Phi) is 4.79. The Morgan fingerprint density at radius 1 is 1.35 bits per heavy atom. The summed E-state index contributed by atoms with van der Waals surface area (Å²) >= 11 is 0. The number of anilines is 1. The van der Waals surface area contributed by atoms with E-state index in [0.29, 0.717) is 6.42 Å². The van der Waals surface area contributed by atoms with Crippen molar-refractivity contribution in [2.75, 3.05) is 19.0 Å². The van der Waals surface area contributed by atoms with Crippen LogP contribution in [0.1, 0.15) is 30.8 Å². The number of aryl methyl sites for hydroxylation is 1. The summed E-state index contributed by atoms with van der Waals surface area (Å²) in [6.45, 7) is 3.08. The molecule has 0 spiro atoms. The van der Waals surface area contributed by atoms with Gasteiger partial charge in [0.25, 0.3) is 0 Å². The Labute approximate surface area is 120 Å². The van der Waals surface area contributed by atoms with Crippen LogP contribution in [0, 0.1) is 0 Å². The van der Waals surface area contributed by atoms with Crippen molar-refractivity contribution < 1.29 is 5.11 Å². The van der Waals surface area contributed by atoms with Crippen molar-refractivity contribution in [2.24, 2.45) is 0 Å². The molecule has 1 aromatic heterocycles. The molecule has 4 heteroatoms. The lowest BCUT2D eigenvalue weighted by Crippen LogP contribution is -2.11. The quantitative estimate of drug-likeness (QED) is 0.879. The number of aliphatic hydroxyl groups is 1. The largest absolute Gasteiger partial charge is 0.388 e. The molecule has 1 N–H and O–H groups in total. The molecule has 0 aliphatic carbocycles. The molecule has 2 aromatic rings. The van der Waals surface area contributed by atoms with E-state index in [4.69, 9.17) is 0 Å². The SMILES string of the molecule is CCCn1ccnc1CC(O)c1cccc(N(C)C)c1. The van der Waals surface area contributed by atoms with Crippen molar-refractivity contribution in [3.8, 4) is 0 Å². The summed E-state index contributed by atoms with van der Waals surface area (Å²) < 4.78 is 2.11. The molecule has 108 valence electrons. The Balaban J connectivity index is 2.13. The highest BCUT2D eigenvalue weighted by atomic mass is 16.3. The lowest BCUT2D eigenvalue weighted by Gasteiger charge is -2.16. The molecule has 0 aliphatic heterocycles. The van der Waals surface area contributed by atoms with E-state index in [1.165, 1.54) is 0 Å². The average molecular weight is 273 g/mol. The minimum atomic E-state index is -0.520. The molecule has 0 amide bonds. The van der Waals surface area contributed by atoms with Crippen LogP contribution in [0.15, 0.2) is 36.7 Å². The van der Waals surface area contributed by atoms with Gasteiger partial charge in [0.05, 0.1) is 6.10 Å². The molecule has 2 rings (SSSR count). The van der Waals surface area contributed by atoms with Gasteiger partial charge in [-0.2, -0.15) is 0 Å². The topological polar surface area (TPSA) is 41.3 Å². The van der Waals surface area contributed by atoms with Crippen LogP contribution in [-0.4, -0.2) is 28.8 Å². The second-order valence-electron chi connectivity index (χ2n) is 5.25. The second kappa shape index (κ2) is 6.57. The smallest absolute Gasteiger partial charge is 0.111 e. The van der Waals surface area contributed by atoms with Crippen molar-refractivity contribution in [1.29, 1.82) is 0 Å². The Hall–Kier alpha value is -1.81. The summed E-state index contributed by atoms with van der Waals surface area (Å²) in [6, 6.07) is 8.00. The zero-order chi connectivity index (χ0) is 14.5. The fourth-order valence-electron chi connectivity index (χ4n) is 2.28. The van der Waals surface area contributed by atoms with Crippen molar-refractivity contribution in [3.63, 3.8) is 0 Å². The number of hydrogen-bond acceptors (Lipinski definition) is 3. The van der Waals surface area contributed by atoms with Gasteiger partial charge in [-0.25, -0.2) is 4.98 Å². The van der Waals surface area contributed by atoms with Crippen LogP contribution in [-0.2, 0) is 13.0 Å². The summed E-state index contributed by atoms with van der Waals surface area (Å²) in [6.07, 6.45) is 4.86. The highest BCUT2D eigenvalue weighted by Gasteiger charge is 2.13. The Morgan fingerprint density at radius 2 is 2.15 bits per heavy atom. The van der Waals surface area contributed by atoms with Crippen molar-refractivity contribution in [1.82, 2.24) is 9.55 Å². The minimum absolute atomic E-state index is 0.520. The second-order valence-corrected chi connectivity index (χ2v) is 5.25. The molecule has 0 saturated heterocycles. The van der Waals surface area contributed by atoms with Gasteiger partial charge >= 0.3 is 0 Å². The predicted molar refractivity (Wildman–Crippen MR) is 82.0 cm³/mol. The highest BCUT2D eigenvalue weighted by molar-refractivity contribution is 5.47.